The molecule has 2 N–H and O–H groups in total. The van der Waals surface area contributed by atoms with Crippen LogP contribution < -0.4 is 5.32 Å². The molecular formula is C15H15FN2O5. The summed E-state index contributed by atoms with van der Waals surface area (Å²) in [6.45, 7) is 5.13. The first-order valence-electron chi connectivity index (χ1n) is 6.65. The van der Waals surface area contributed by atoms with Gasteiger partial charge in [-0.05, 0) is 39.0 Å². The van der Waals surface area contributed by atoms with Crippen molar-refractivity contribution in [2.75, 3.05) is 5.32 Å². The number of carbonyl (C=O) groups is 2. The third-order valence-electron chi connectivity index (χ3n) is 2.61. The number of aromatic nitrogens is 1. The van der Waals surface area contributed by atoms with Crippen molar-refractivity contribution in [3.8, 4) is 11.3 Å². The van der Waals surface area contributed by atoms with Gasteiger partial charge in [0.25, 0.3) is 0 Å². The van der Waals surface area contributed by atoms with E-state index in [2.05, 4.69) is 10.5 Å². The summed E-state index contributed by atoms with van der Waals surface area (Å²) in [7, 11) is 0. The molecular weight excluding hydrogens is 307 g/mol. The number of carbonyl (C=O) groups excluding carboxylic acids is 1. The van der Waals surface area contributed by atoms with E-state index in [-0.39, 0.29) is 22.7 Å². The molecule has 0 aliphatic rings. The van der Waals surface area contributed by atoms with E-state index in [1.807, 2.05) is 0 Å². The first-order chi connectivity index (χ1) is 10.7. The molecule has 1 aromatic carbocycles. The van der Waals surface area contributed by atoms with Crippen LogP contribution in [0.2, 0.25) is 0 Å². The van der Waals surface area contributed by atoms with Gasteiger partial charge in [0.1, 0.15) is 11.4 Å². The van der Waals surface area contributed by atoms with Gasteiger partial charge in [-0.2, -0.15) is 0 Å². The molecule has 0 spiro atoms. The number of carboxylic acid groups (broad SMARTS) is 1. The number of ether oxygens (including phenoxy) is 1. The van der Waals surface area contributed by atoms with Crippen LogP contribution in [0.15, 0.2) is 28.8 Å². The molecule has 122 valence electrons. The Morgan fingerprint density at radius 1 is 1.30 bits per heavy atom. The molecule has 0 unspecified atom stereocenters. The second-order valence-electron chi connectivity index (χ2n) is 5.70. The predicted molar refractivity (Wildman–Crippen MR) is 78.7 cm³/mol. The predicted octanol–water partition coefficient (Wildman–Crippen LogP) is 3.53. The molecule has 8 heteroatoms. The molecule has 2 rings (SSSR count). The minimum Gasteiger partial charge on any atom is -0.476 e. The molecule has 1 aromatic heterocycles. The maximum absolute atomic E-state index is 14.1. The van der Waals surface area contributed by atoms with E-state index < -0.39 is 23.5 Å². The van der Waals surface area contributed by atoms with E-state index in [1.165, 1.54) is 12.1 Å². The number of anilines is 1. The maximum atomic E-state index is 14.1. The largest absolute Gasteiger partial charge is 0.476 e. The third kappa shape index (κ3) is 4.29. The van der Waals surface area contributed by atoms with Crippen LogP contribution in [0.25, 0.3) is 11.3 Å². The lowest BCUT2D eigenvalue weighted by atomic mass is 10.1. The number of nitrogens with zero attached hydrogens (tertiary/aromatic N) is 1. The average molecular weight is 322 g/mol. The van der Waals surface area contributed by atoms with E-state index in [0.717, 1.165) is 12.1 Å². The molecule has 0 radical (unpaired) electrons. The maximum Gasteiger partial charge on any atom is 0.412 e. The Morgan fingerprint density at radius 3 is 2.52 bits per heavy atom. The lowest BCUT2D eigenvalue weighted by Gasteiger charge is -2.19. The van der Waals surface area contributed by atoms with Crippen molar-refractivity contribution < 1.29 is 28.3 Å². The molecule has 0 aliphatic heterocycles. The number of benzene rings is 1. The fourth-order valence-corrected chi connectivity index (χ4v) is 1.72. The second-order valence-corrected chi connectivity index (χ2v) is 5.70. The number of amides is 1. The van der Waals surface area contributed by atoms with Crippen LogP contribution in [0.5, 0.6) is 0 Å². The third-order valence-corrected chi connectivity index (χ3v) is 2.61. The van der Waals surface area contributed by atoms with E-state index in [0.29, 0.717) is 0 Å². The summed E-state index contributed by atoms with van der Waals surface area (Å²) in [5.74, 6) is -2.00. The molecule has 0 atom stereocenters. The average Bonchev–Trinajstić information content (AvgIpc) is 2.85. The Morgan fingerprint density at radius 2 is 2.00 bits per heavy atom. The Kier molecular flexibility index (Phi) is 4.35. The van der Waals surface area contributed by atoms with Crippen LogP contribution in [0.4, 0.5) is 14.9 Å². The van der Waals surface area contributed by atoms with Gasteiger partial charge in [0.2, 0.25) is 0 Å². The number of rotatable bonds is 3. The summed E-state index contributed by atoms with van der Waals surface area (Å²) in [4.78, 5) is 22.4. The van der Waals surface area contributed by atoms with Crippen molar-refractivity contribution in [1.82, 2.24) is 5.16 Å². The zero-order chi connectivity index (χ0) is 17.2. The van der Waals surface area contributed by atoms with Crippen LogP contribution in [-0.2, 0) is 4.74 Å². The highest BCUT2D eigenvalue weighted by atomic mass is 19.1. The molecule has 0 saturated carbocycles. The quantitative estimate of drug-likeness (QED) is 0.896. The SMILES string of the molecule is CC(C)(C)OC(=O)Nc1ccc(-c2cc(C(=O)O)no2)c(F)c1. The zero-order valence-electron chi connectivity index (χ0n) is 12.7. The van der Waals surface area contributed by atoms with E-state index >= 15 is 0 Å². The summed E-state index contributed by atoms with van der Waals surface area (Å²) < 4.78 is 24.0. The van der Waals surface area contributed by atoms with Crippen molar-refractivity contribution in [1.29, 1.82) is 0 Å². The summed E-state index contributed by atoms with van der Waals surface area (Å²) in [5, 5.41) is 14.5. The van der Waals surface area contributed by atoms with Gasteiger partial charge < -0.3 is 14.4 Å². The monoisotopic (exact) mass is 322 g/mol. The van der Waals surface area contributed by atoms with E-state index in [1.54, 1.807) is 20.8 Å². The minimum atomic E-state index is -1.27. The van der Waals surface area contributed by atoms with Crippen molar-refractivity contribution >= 4 is 17.7 Å². The van der Waals surface area contributed by atoms with Crippen molar-refractivity contribution in [3.63, 3.8) is 0 Å². The number of hydrogen-bond acceptors (Lipinski definition) is 5. The van der Waals surface area contributed by atoms with Gasteiger partial charge >= 0.3 is 12.1 Å². The van der Waals surface area contributed by atoms with Crippen molar-refractivity contribution in [2.24, 2.45) is 0 Å². The fourth-order valence-electron chi connectivity index (χ4n) is 1.72. The number of carboxylic acids is 1. The minimum absolute atomic E-state index is 0.0243. The van der Waals surface area contributed by atoms with E-state index in [9.17, 15) is 14.0 Å². The Labute approximate surface area is 131 Å². The smallest absolute Gasteiger partial charge is 0.412 e. The highest BCUT2D eigenvalue weighted by Crippen LogP contribution is 2.26. The van der Waals surface area contributed by atoms with Gasteiger partial charge in [0, 0.05) is 11.8 Å². The van der Waals surface area contributed by atoms with Crippen molar-refractivity contribution in [2.45, 2.75) is 26.4 Å². The Bertz CT molecular complexity index is 749. The van der Waals surface area contributed by atoms with Gasteiger partial charge in [0.15, 0.2) is 11.5 Å². The van der Waals surface area contributed by atoms with Gasteiger partial charge in [-0.25, -0.2) is 14.0 Å². The summed E-state index contributed by atoms with van der Waals surface area (Å²) in [5.41, 5.74) is -0.774. The van der Waals surface area contributed by atoms with E-state index in [4.69, 9.17) is 14.4 Å². The van der Waals surface area contributed by atoms with Crippen LogP contribution >= 0.6 is 0 Å². The summed E-state index contributed by atoms with van der Waals surface area (Å²) in [6, 6.07) is 4.96. The zero-order valence-corrected chi connectivity index (χ0v) is 12.7. The first kappa shape index (κ1) is 16.5. The number of aromatic carboxylic acids is 1. The lowest BCUT2D eigenvalue weighted by molar-refractivity contribution is 0.0633. The summed E-state index contributed by atoms with van der Waals surface area (Å²) >= 11 is 0. The highest BCUT2D eigenvalue weighted by molar-refractivity contribution is 5.87. The van der Waals surface area contributed by atoms with Crippen LogP contribution in [-0.4, -0.2) is 27.9 Å². The standard InChI is InChI=1S/C15H15FN2O5/c1-15(2,3)22-14(21)17-8-4-5-9(10(16)6-8)12-7-11(13(19)20)18-23-12/h4-7H,1-3H3,(H,17,21)(H,19,20). The van der Waals surface area contributed by atoms with Crippen LogP contribution in [0, 0.1) is 5.82 Å². The Hall–Kier alpha value is -2.90. The lowest BCUT2D eigenvalue weighted by Crippen LogP contribution is -2.27. The molecule has 23 heavy (non-hydrogen) atoms. The molecule has 0 saturated heterocycles. The summed E-state index contributed by atoms with van der Waals surface area (Å²) in [6.07, 6.45) is -0.711. The molecule has 1 heterocycles. The molecule has 0 fully saturated rings. The second kappa shape index (κ2) is 6.07. The fraction of sp³-hybridized carbons (Fsp3) is 0.267. The molecule has 1 amide bonds. The number of halogens is 1. The van der Waals surface area contributed by atoms with Gasteiger partial charge in [-0.1, -0.05) is 5.16 Å². The molecule has 0 bridgehead atoms. The number of hydrogen-bond donors (Lipinski definition) is 2. The molecule has 0 aliphatic carbocycles. The number of nitrogens with one attached hydrogen (secondary N) is 1. The normalized spacial score (nSPS) is 11.1. The first-order valence-corrected chi connectivity index (χ1v) is 6.65. The van der Waals surface area contributed by atoms with Crippen LogP contribution in [0.1, 0.15) is 31.3 Å². The van der Waals surface area contributed by atoms with Crippen LogP contribution in [0.3, 0.4) is 0 Å². The van der Waals surface area contributed by atoms with Gasteiger partial charge in [-0.15, -0.1) is 0 Å². The highest BCUT2D eigenvalue weighted by Gasteiger charge is 2.18. The molecule has 7 nitrogen and oxygen atoms in total. The van der Waals surface area contributed by atoms with Gasteiger partial charge in [0.05, 0.1) is 5.56 Å². The van der Waals surface area contributed by atoms with Crippen molar-refractivity contribution in [3.05, 3.63) is 35.8 Å². The molecule has 2 aromatic rings. The topological polar surface area (TPSA) is 102 Å². The van der Waals surface area contributed by atoms with Gasteiger partial charge in [-0.3, -0.25) is 5.32 Å². The Balaban J connectivity index is 2.17.